The van der Waals surface area contributed by atoms with E-state index < -0.39 is 12.7 Å². The van der Waals surface area contributed by atoms with Gasteiger partial charge in [-0.05, 0) is 43.4 Å². The van der Waals surface area contributed by atoms with E-state index in [1.165, 1.54) is 0 Å². The summed E-state index contributed by atoms with van der Waals surface area (Å²) in [5.41, 5.74) is 2.75. The first-order valence-electron chi connectivity index (χ1n) is 9.62. The van der Waals surface area contributed by atoms with Crippen molar-refractivity contribution in [2.24, 2.45) is 0 Å². The van der Waals surface area contributed by atoms with E-state index in [0.29, 0.717) is 21.8 Å². The van der Waals surface area contributed by atoms with Gasteiger partial charge in [-0.3, -0.25) is 4.79 Å². The van der Waals surface area contributed by atoms with Gasteiger partial charge in [-0.2, -0.15) is 5.26 Å². The fraction of sp³-hybridized carbons (Fsp3) is 0.318. The fourth-order valence-electron chi connectivity index (χ4n) is 3.58. The molecule has 1 atom stereocenters. The number of halogens is 1. The molecule has 0 saturated heterocycles. The SMILES string of the molecule is Cc1cnc(OCC(O)CO)c2c(=O)cc(C3CC3)n(-c3c(Cl)cccc3C#N)c12. The molecule has 4 rings (SSSR count). The number of rotatable bonds is 6. The smallest absolute Gasteiger partial charge is 0.227 e. The molecule has 1 unspecified atom stereocenters. The summed E-state index contributed by atoms with van der Waals surface area (Å²) in [6, 6.07) is 8.86. The predicted octanol–water partition coefficient (Wildman–Crippen LogP) is 2.83. The first-order valence-corrected chi connectivity index (χ1v) is 10.00. The number of aliphatic hydroxyl groups excluding tert-OH is 2. The fourth-order valence-corrected chi connectivity index (χ4v) is 3.84. The van der Waals surface area contributed by atoms with E-state index in [2.05, 4.69) is 11.1 Å². The van der Waals surface area contributed by atoms with E-state index in [1.807, 2.05) is 11.5 Å². The van der Waals surface area contributed by atoms with Crippen molar-refractivity contribution in [3.8, 4) is 17.6 Å². The van der Waals surface area contributed by atoms with E-state index in [1.54, 1.807) is 30.5 Å². The summed E-state index contributed by atoms with van der Waals surface area (Å²) in [6.07, 6.45) is 2.39. The van der Waals surface area contributed by atoms with Crippen LogP contribution in [0, 0.1) is 18.3 Å². The lowest BCUT2D eigenvalue weighted by Crippen LogP contribution is -2.23. The summed E-state index contributed by atoms with van der Waals surface area (Å²) in [4.78, 5) is 17.3. The van der Waals surface area contributed by atoms with Gasteiger partial charge in [-0.1, -0.05) is 17.7 Å². The van der Waals surface area contributed by atoms with Crippen LogP contribution < -0.4 is 10.2 Å². The molecule has 0 amide bonds. The van der Waals surface area contributed by atoms with Crippen LogP contribution >= 0.6 is 11.6 Å². The second-order valence-electron chi connectivity index (χ2n) is 7.41. The van der Waals surface area contributed by atoms with Gasteiger partial charge in [0.15, 0.2) is 5.43 Å². The predicted molar refractivity (Wildman–Crippen MR) is 112 cm³/mol. The van der Waals surface area contributed by atoms with Crippen molar-refractivity contribution in [2.45, 2.75) is 31.8 Å². The maximum absolute atomic E-state index is 13.1. The summed E-state index contributed by atoms with van der Waals surface area (Å²) >= 11 is 6.54. The van der Waals surface area contributed by atoms with Crippen LogP contribution in [0.1, 0.15) is 35.6 Å². The molecular weight excluding hydrogens is 406 g/mol. The van der Waals surface area contributed by atoms with Crippen molar-refractivity contribution in [1.29, 1.82) is 5.26 Å². The average molecular weight is 426 g/mol. The minimum atomic E-state index is -1.09. The van der Waals surface area contributed by atoms with Gasteiger partial charge in [0.05, 0.1) is 28.4 Å². The van der Waals surface area contributed by atoms with Gasteiger partial charge in [0.25, 0.3) is 0 Å². The largest absolute Gasteiger partial charge is 0.474 e. The second-order valence-corrected chi connectivity index (χ2v) is 7.82. The lowest BCUT2D eigenvalue weighted by atomic mass is 10.1. The number of fused-ring (bicyclic) bond motifs is 1. The Hall–Kier alpha value is -2.92. The molecule has 7 nitrogen and oxygen atoms in total. The summed E-state index contributed by atoms with van der Waals surface area (Å²) < 4.78 is 7.45. The molecule has 1 aromatic carbocycles. The molecule has 8 heteroatoms. The molecule has 1 saturated carbocycles. The van der Waals surface area contributed by atoms with E-state index in [0.717, 1.165) is 24.1 Å². The molecule has 1 aliphatic carbocycles. The Morgan fingerprint density at radius 2 is 2.20 bits per heavy atom. The third-order valence-corrected chi connectivity index (χ3v) is 5.46. The second kappa shape index (κ2) is 8.07. The summed E-state index contributed by atoms with van der Waals surface area (Å²) in [5.74, 6) is 0.271. The number of nitrogens with zero attached hydrogens (tertiary/aromatic N) is 3. The van der Waals surface area contributed by atoms with Gasteiger partial charge in [-0.25, -0.2) is 4.98 Å². The van der Waals surface area contributed by atoms with E-state index in [9.17, 15) is 15.2 Å². The van der Waals surface area contributed by atoms with Crippen molar-refractivity contribution >= 4 is 22.5 Å². The molecule has 1 fully saturated rings. The van der Waals surface area contributed by atoms with E-state index >= 15 is 0 Å². The number of aromatic nitrogens is 2. The number of nitriles is 1. The Morgan fingerprint density at radius 3 is 2.87 bits per heavy atom. The standard InChI is InChI=1S/C22H20ClN3O4/c1-12-9-25-22(30-11-15(28)10-27)19-18(29)7-17(13-5-6-13)26(20(12)19)21-14(8-24)3-2-4-16(21)23/h2-4,7,9,13,15,27-28H,5-6,10-11H2,1H3. The van der Waals surface area contributed by atoms with Crippen molar-refractivity contribution in [1.82, 2.24) is 9.55 Å². The Morgan fingerprint density at radius 1 is 1.43 bits per heavy atom. The number of hydrogen-bond acceptors (Lipinski definition) is 6. The monoisotopic (exact) mass is 425 g/mol. The summed E-state index contributed by atoms with van der Waals surface area (Å²) in [5, 5.41) is 29.0. The molecule has 0 spiro atoms. The molecule has 2 N–H and O–H groups in total. The Labute approximate surface area is 177 Å². The zero-order chi connectivity index (χ0) is 21.4. The number of ether oxygens (including phenoxy) is 1. The van der Waals surface area contributed by atoms with Gasteiger partial charge < -0.3 is 19.5 Å². The van der Waals surface area contributed by atoms with Crippen LogP contribution in [-0.2, 0) is 0 Å². The summed E-state index contributed by atoms with van der Waals surface area (Å²) in [7, 11) is 0. The van der Waals surface area contributed by atoms with E-state index in [-0.39, 0.29) is 29.2 Å². The molecule has 2 heterocycles. The zero-order valence-corrected chi connectivity index (χ0v) is 17.1. The minimum absolute atomic E-state index is 0.0646. The van der Waals surface area contributed by atoms with Crippen LogP contribution in [0.4, 0.5) is 0 Å². The molecule has 0 bridgehead atoms. The van der Waals surface area contributed by atoms with Crippen molar-refractivity contribution in [3.05, 3.63) is 62.5 Å². The molecule has 30 heavy (non-hydrogen) atoms. The molecule has 154 valence electrons. The Kier molecular flexibility index (Phi) is 5.48. The lowest BCUT2D eigenvalue weighted by Gasteiger charge is -2.21. The van der Waals surface area contributed by atoms with Gasteiger partial charge >= 0.3 is 0 Å². The molecule has 2 aromatic heterocycles. The molecule has 3 aromatic rings. The quantitative estimate of drug-likeness (QED) is 0.628. The van der Waals surface area contributed by atoms with Crippen LogP contribution in [0.2, 0.25) is 5.02 Å². The van der Waals surface area contributed by atoms with Crippen molar-refractivity contribution in [2.75, 3.05) is 13.2 Å². The molecule has 0 radical (unpaired) electrons. The van der Waals surface area contributed by atoms with Crippen LogP contribution in [0.15, 0.2) is 35.3 Å². The third kappa shape index (κ3) is 3.54. The number of pyridine rings is 2. The number of aliphatic hydroxyl groups is 2. The van der Waals surface area contributed by atoms with Crippen LogP contribution in [0.5, 0.6) is 5.88 Å². The molecule has 0 aliphatic heterocycles. The van der Waals surface area contributed by atoms with Gasteiger partial charge in [0.1, 0.15) is 24.2 Å². The summed E-state index contributed by atoms with van der Waals surface area (Å²) in [6.45, 7) is 1.16. The maximum Gasteiger partial charge on any atom is 0.227 e. The Balaban J connectivity index is 2.07. The zero-order valence-electron chi connectivity index (χ0n) is 16.3. The van der Waals surface area contributed by atoms with Crippen molar-refractivity contribution in [3.63, 3.8) is 0 Å². The third-order valence-electron chi connectivity index (χ3n) is 5.16. The molecule has 1 aliphatic rings. The highest BCUT2D eigenvalue weighted by molar-refractivity contribution is 6.32. The maximum atomic E-state index is 13.1. The van der Waals surface area contributed by atoms with Crippen LogP contribution in [0.25, 0.3) is 16.6 Å². The highest BCUT2D eigenvalue weighted by Gasteiger charge is 2.30. The van der Waals surface area contributed by atoms with Crippen molar-refractivity contribution < 1.29 is 14.9 Å². The van der Waals surface area contributed by atoms with Gasteiger partial charge in [0, 0.05) is 18.0 Å². The first-order chi connectivity index (χ1) is 14.5. The topological polar surface area (TPSA) is 108 Å². The normalized spacial score (nSPS) is 14.5. The number of para-hydroxylation sites is 1. The number of aryl methyl sites for hydroxylation is 1. The number of benzene rings is 1. The van der Waals surface area contributed by atoms with Gasteiger partial charge in [0.2, 0.25) is 5.88 Å². The highest BCUT2D eigenvalue weighted by atomic mass is 35.5. The van der Waals surface area contributed by atoms with E-state index in [4.69, 9.17) is 21.4 Å². The van der Waals surface area contributed by atoms with Crippen LogP contribution in [-0.4, -0.2) is 39.1 Å². The average Bonchev–Trinajstić information content (AvgIpc) is 3.58. The van der Waals surface area contributed by atoms with Gasteiger partial charge in [-0.15, -0.1) is 0 Å². The first kappa shape index (κ1) is 20.4. The van der Waals surface area contributed by atoms with Crippen LogP contribution in [0.3, 0.4) is 0 Å². The molecular formula is C22H20ClN3O4. The number of hydrogen-bond donors (Lipinski definition) is 2. The minimum Gasteiger partial charge on any atom is -0.474 e. The highest BCUT2D eigenvalue weighted by Crippen LogP contribution is 2.43. The lowest BCUT2D eigenvalue weighted by molar-refractivity contribution is 0.0526. The Bertz CT molecular complexity index is 1230.